The Kier molecular flexibility index (Phi) is 4.37. The first-order valence-electron chi connectivity index (χ1n) is 6.92. The molecular formula is C16H17Cl2NS. The van der Waals surface area contributed by atoms with Crippen molar-refractivity contribution in [1.29, 1.82) is 0 Å². The van der Waals surface area contributed by atoms with E-state index >= 15 is 0 Å². The van der Waals surface area contributed by atoms with Crippen LogP contribution in [0.1, 0.15) is 47.9 Å². The van der Waals surface area contributed by atoms with E-state index in [4.69, 9.17) is 23.2 Å². The molecule has 1 heterocycles. The highest BCUT2D eigenvalue weighted by Crippen LogP contribution is 2.36. The van der Waals surface area contributed by atoms with Gasteiger partial charge < -0.3 is 5.32 Å². The van der Waals surface area contributed by atoms with Crippen molar-refractivity contribution in [3.05, 3.63) is 55.7 Å². The second kappa shape index (κ2) is 6.07. The Morgan fingerprint density at radius 1 is 1.30 bits per heavy atom. The van der Waals surface area contributed by atoms with Crippen LogP contribution in [0.5, 0.6) is 0 Å². The van der Waals surface area contributed by atoms with Crippen molar-refractivity contribution in [1.82, 2.24) is 5.32 Å². The minimum Gasteiger partial charge on any atom is -0.303 e. The molecule has 1 aliphatic rings. The van der Waals surface area contributed by atoms with Crippen LogP contribution in [-0.2, 0) is 6.42 Å². The molecule has 1 aromatic heterocycles. The monoisotopic (exact) mass is 325 g/mol. The molecule has 1 nitrogen and oxygen atoms in total. The van der Waals surface area contributed by atoms with Crippen LogP contribution < -0.4 is 5.32 Å². The number of benzene rings is 1. The second-order valence-corrected chi connectivity index (χ2v) is 7.14. The fourth-order valence-corrected chi connectivity index (χ4v) is 4.35. The molecule has 1 aliphatic carbocycles. The van der Waals surface area contributed by atoms with Gasteiger partial charge in [0.1, 0.15) is 0 Å². The number of thiophene rings is 1. The molecule has 0 saturated heterocycles. The van der Waals surface area contributed by atoms with Gasteiger partial charge in [-0.2, -0.15) is 0 Å². The number of hydrogen-bond donors (Lipinski definition) is 1. The number of fused-ring (bicyclic) bond motifs is 1. The van der Waals surface area contributed by atoms with Crippen molar-refractivity contribution in [3.63, 3.8) is 0 Å². The minimum atomic E-state index is 0.192. The van der Waals surface area contributed by atoms with E-state index < -0.39 is 0 Å². The SMILES string of the molecule is CC(NC1CCCc2sccc21)c1cc(Cl)ccc1Cl. The van der Waals surface area contributed by atoms with Crippen LogP contribution >= 0.6 is 34.5 Å². The van der Waals surface area contributed by atoms with Crippen LogP contribution in [0.3, 0.4) is 0 Å². The van der Waals surface area contributed by atoms with Gasteiger partial charge in [0.2, 0.25) is 0 Å². The Morgan fingerprint density at radius 2 is 2.15 bits per heavy atom. The topological polar surface area (TPSA) is 12.0 Å². The summed E-state index contributed by atoms with van der Waals surface area (Å²) >= 11 is 14.2. The lowest BCUT2D eigenvalue weighted by Gasteiger charge is -2.28. The first-order chi connectivity index (χ1) is 9.65. The van der Waals surface area contributed by atoms with Crippen LogP contribution in [0.15, 0.2) is 29.6 Å². The maximum absolute atomic E-state index is 6.29. The first kappa shape index (κ1) is 14.4. The second-order valence-electron chi connectivity index (χ2n) is 5.30. The highest BCUT2D eigenvalue weighted by molar-refractivity contribution is 7.10. The molecule has 4 heteroatoms. The van der Waals surface area contributed by atoms with Crippen LogP contribution in [-0.4, -0.2) is 0 Å². The highest BCUT2D eigenvalue weighted by Gasteiger charge is 2.23. The Hall–Kier alpha value is -0.540. The molecule has 1 N–H and O–H groups in total. The molecule has 2 aromatic rings. The third-order valence-electron chi connectivity index (χ3n) is 3.93. The Bertz CT molecular complexity index is 608. The Balaban J connectivity index is 1.80. The van der Waals surface area contributed by atoms with E-state index in [2.05, 4.69) is 23.7 Å². The fraction of sp³-hybridized carbons (Fsp3) is 0.375. The molecule has 20 heavy (non-hydrogen) atoms. The van der Waals surface area contributed by atoms with E-state index in [1.807, 2.05) is 29.5 Å². The van der Waals surface area contributed by atoms with Crippen molar-refractivity contribution in [2.24, 2.45) is 0 Å². The van der Waals surface area contributed by atoms with Gasteiger partial charge in [0.05, 0.1) is 0 Å². The molecule has 2 unspecified atom stereocenters. The van der Waals surface area contributed by atoms with E-state index in [9.17, 15) is 0 Å². The van der Waals surface area contributed by atoms with Gasteiger partial charge in [-0.3, -0.25) is 0 Å². The lowest BCUT2D eigenvalue weighted by molar-refractivity contribution is 0.418. The summed E-state index contributed by atoms with van der Waals surface area (Å²) in [6, 6.07) is 8.53. The largest absolute Gasteiger partial charge is 0.303 e. The van der Waals surface area contributed by atoms with Crippen molar-refractivity contribution in [2.75, 3.05) is 0 Å². The van der Waals surface area contributed by atoms with Gasteiger partial charge in [0, 0.05) is 27.0 Å². The molecule has 0 saturated carbocycles. The van der Waals surface area contributed by atoms with Gasteiger partial charge in [0.25, 0.3) is 0 Å². The van der Waals surface area contributed by atoms with Crippen molar-refractivity contribution >= 4 is 34.5 Å². The molecule has 0 amide bonds. The summed E-state index contributed by atoms with van der Waals surface area (Å²) in [5, 5.41) is 7.41. The summed E-state index contributed by atoms with van der Waals surface area (Å²) < 4.78 is 0. The molecule has 0 spiro atoms. The molecule has 3 rings (SSSR count). The average molecular weight is 326 g/mol. The summed E-state index contributed by atoms with van der Waals surface area (Å²) in [6.45, 7) is 2.15. The Morgan fingerprint density at radius 3 is 3.00 bits per heavy atom. The summed E-state index contributed by atoms with van der Waals surface area (Å²) in [6.07, 6.45) is 3.66. The van der Waals surface area contributed by atoms with Gasteiger partial charge >= 0.3 is 0 Å². The Labute approximate surface area is 133 Å². The number of rotatable bonds is 3. The van der Waals surface area contributed by atoms with Crippen LogP contribution in [0, 0.1) is 0 Å². The summed E-state index contributed by atoms with van der Waals surface area (Å²) in [4.78, 5) is 1.53. The van der Waals surface area contributed by atoms with E-state index in [0.717, 1.165) is 15.6 Å². The maximum Gasteiger partial charge on any atom is 0.0454 e. The van der Waals surface area contributed by atoms with Crippen LogP contribution in [0.25, 0.3) is 0 Å². The number of hydrogen-bond acceptors (Lipinski definition) is 2. The standard InChI is InChI=1S/C16H17Cl2NS/c1-10(13-9-11(17)5-6-14(13)18)19-15-3-2-4-16-12(15)7-8-20-16/h5-10,15,19H,2-4H2,1H3. The molecule has 106 valence electrons. The highest BCUT2D eigenvalue weighted by atomic mass is 35.5. The molecule has 0 aliphatic heterocycles. The van der Waals surface area contributed by atoms with Crippen molar-refractivity contribution < 1.29 is 0 Å². The average Bonchev–Trinajstić information content (AvgIpc) is 2.91. The molecule has 0 radical (unpaired) electrons. The summed E-state index contributed by atoms with van der Waals surface area (Å²) in [5.74, 6) is 0. The van der Waals surface area contributed by atoms with Crippen LogP contribution in [0.4, 0.5) is 0 Å². The van der Waals surface area contributed by atoms with Gasteiger partial charge in [-0.1, -0.05) is 23.2 Å². The smallest absolute Gasteiger partial charge is 0.0454 e. The zero-order valence-electron chi connectivity index (χ0n) is 11.3. The number of aryl methyl sites for hydroxylation is 1. The van der Waals surface area contributed by atoms with Gasteiger partial charge in [-0.15, -0.1) is 11.3 Å². The molecule has 0 fully saturated rings. The number of nitrogens with one attached hydrogen (secondary N) is 1. The predicted molar refractivity (Wildman–Crippen MR) is 88.0 cm³/mol. The molecule has 0 bridgehead atoms. The van der Waals surface area contributed by atoms with Gasteiger partial charge in [0.15, 0.2) is 0 Å². The lowest BCUT2D eigenvalue weighted by atomic mass is 9.93. The minimum absolute atomic E-state index is 0.192. The van der Waals surface area contributed by atoms with E-state index in [1.165, 1.54) is 29.7 Å². The summed E-state index contributed by atoms with van der Waals surface area (Å²) in [5.41, 5.74) is 2.53. The third kappa shape index (κ3) is 2.89. The normalized spacial score (nSPS) is 19.6. The quantitative estimate of drug-likeness (QED) is 0.753. The summed E-state index contributed by atoms with van der Waals surface area (Å²) in [7, 11) is 0. The van der Waals surface area contributed by atoms with Gasteiger partial charge in [-0.05, 0) is 67.0 Å². The van der Waals surface area contributed by atoms with E-state index in [0.29, 0.717) is 6.04 Å². The third-order valence-corrected chi connectivity index (χ3v) is 5.50. The zero-order chi connectivity index (χ0) is 14.1. The van der Waals surface area contributed by atoms with E-state index in [1.54, 1.807) is 0 Å². The van der Waals surface area contributed by atoms with Crippen LogP contribution in [0.2, 0.25) is 10.0 Å². The predicted octanol–water partition coefficient (Wildman–Crippen LogP) is 5.78. The zero-order valence-corrected chi connectivity index (χ0v) is 13.7. The van der Waals surface area contributed by atoms with Gasteiger partial charge in [-0.25, -0.2) is 0 Å². The van der Waals surface area contributed by atoms with Crippen molar-refractivity contribution in [3.8, 4) is 0 Å². The van der Waals surface area contributed by atoms with Crippen molar-refractivity contribution in [2.45, 2.75) is 38.3 Å². The fourth-order valence-electron chi connectivity index (χ4n) is 2.90. The molecule has 1 aromatic carbocycles. The molecule has 2 atom stereocenters. The maximum atomic E-state index is 6.29. The van der Waals surface area contributed by atoms with E-state index in [-0.39, 0.29) is 6.04 Å². The lowest BCUT2D eigenvalue weighted by Crippen LogP contribution is -2.27. The molecular weight excluding hydrogens is 309 g/mol. The first-order valence-corrected chi connectivity index (χ1v) is 8.56. The number of halogens is 2.